The second kappa shape index (κ2) is 6.67. The number of fused-ring (bicyclic) bond motifs is 3. The highest BCUT2D eigenvalue weighted by atomic mass is 16.5. The van der Waals surface area contributed by atoms with E-state index in [1.165, 1.54) is 13.2 Å². The summed E-state index contributed by atoms with van der Waals surface area (Å²) < 4.78 is 13.0. The Morgan fingerprint density at radius 3 is 2.43 bits per heavy atom. The SMILES string of the molecule is COc1c2n(ccc1=O)N1C(CC[C@H](OC)[C@@]1(C)c1ccccc1)N(C)C2=O. The van der Waals surface area contributed by atoms with Crippen LogP contribution in [0.1, 0.15) is 35.8 Å². The van der Waals surface area contributed by atoms with Crippen molar-refractivity contribution < 1.29 is 14.3 Å². The van der Waals surface area contributed by atoms with E-state index in [2.05, 4.69) is 24.1 Å². The van der Waals surface area contributed by atoms with Crippen LogP contribution in [0.5, 0.6) is 5.75 Å². The molecule has 3 atom stereocenters. The molecular weight excluding hydrogens is 358 g/mol. The lowest BCUT2D eigenvalue weighted by Gasteiger charge is -2.58. The molecule has 2 aliphatic heterocycles. The molecule has 0 bridgehead atoms. The third-order valence-electron chi connectivity index (χ3n) is 6.16. The van der Waals surface area contributed by atoms with Gasteiger partial charge in [-0.25, -0.2) is 0 Å². The van der Waals surface area contributed by atoms with Crippen LogP contribution in [0.3, 0.4) is 0 Å². The van der Waals surface area contributed by atoms with Gasteiger partial charge in [0, 0.05) is 26.4 Å². The number of nitrogens with zero attached hydrogens (tertiary/aromatic N) is 3. The number of carbonyl (C=O) groups is 1. The van der Waals surface area contributed by atoms with E-state index in [0.717, 1.165) is 18.4 Å². The lowest BCUT2D eigenvalue weighted by atomic mass is 9.79. The smallest absolute Gasteiger partial charge is 0.277 e. The summed E-state index contributed by atoms with van der Waals surface area (Å²) >= 11 is 0. The minimum atomic E-state index is -0.553. The van der Waals surface area contributed by atoms with Crippen LogP contribution >= 0.6 is 0 Å². The molecule has 7 nitrogen and oxygen atoms in total. The zero-order valence-electron chi connectivity index (χ0n) is 16.6. The Bertz CT molecular complexity index is 958. The molecule has 1 unspecified atom stereocenters. The highest BCUT2D eigenvalue weighted by molar-refractivity contribution is 5.96. The highest BCUT2D eigenvalue weighted by Gasteiger charge is 2.53. The molecule has 0 N–H and O–H groups in total. The summed E-state index contributed by atoms with van der Waals surface area (Å²) in [7, 11) is 4.92. The van der Waals surface area contributed by atoms with Crippen LogP contribution in [0.15, 0.2) is 47.4 Å². The molecule has 2 aromatic rings. The first kappa shape index (κ1) is 18.6. The molecule has 3 heterocycles. The zero-order valence-corrected chi connectivity index (χ0v) is 16.6. The van der Waals surface area contributed by atoms with Gasteiger partial charge in [0.25, 0.3) is 5.91 Å². The molecule has 1 aromatic heterocycles. The Labute approximate surface area is 164 Å². The quantitative estimate of drug-likeness (QED) is 0.810. The maximum Gasteiger partial charge on any atom is 0.277 e. The van der Waals surface area contributed by atoms with Crippen LogP contribution in [0.2, 0.25) is 0 Å². The number of amides is 1. The Balaban J connectivity index is 2.02. The van der Waals surface area contributed by atoms with Crippen LogP contribution in [0.4, 0.5) is 0 Å². The maximum atomic E-state index is 13.1. The summed E-state index contributed by atoms with van der Waals surface area (Å²) in [6.07, 6.45) is 2.98. The fourth-order valence-electron chi connectivity index (χ4n) is 4.71. The van der Waals surface area contributed by atoms with Crippen LogP contribution in [-0.2, 0) is 10.3 Å². The zero-order chi connectivity index (χ0) is 20.1. The first-order chi connectivity index (χ1) is 13.4. The molecule has 4 rings (SSSR count). The standard InChI is InChI=1S/C21H25N3O4/c1-21(14-8-6-5-7-9-14)16(27-3)10-11-17-22(2)20(26)18-19(28-4)15(25)12-13-23(18)24(17)21/h5-9,12-13,16-17H,10-11H2,1-4H3/t16-,17?,21+/m0/s1. The molecule has 1 fully saturated rings. The van der Waals surface area contributed by atoms with Gasteiger partial charge in [-0.2, -0.15) is 0 Å². The largest absolute Gasteiger partial charge is 0.491 e. The van der Waals surface area contributed by atoms with Crippen LogP contribution in [-0.4, -0.2) is 49.0 Å². The lowest BCUT2D eigenvalue weighted by molar-refractivity contribution is -0.0336. The predicted octanol–water partition coefficient (Wildman–Crippen LogP) is 1.93. The summed E-state index contributed by atoms with van der Waals surface area (Å²) in [5.74, 6) is -0.158. The number of piperidine rings is 1. The average molecular weight is 383 g/mol. The van der Waals surface area contributed by atoms with Crippen LogP contribution in [0, 0.1) is 0 Å². The minimum absolute atomic E-state index is 0.0627. The predicted molar refractivity (Wildman–Crippen MR) is 105 cm³/mol. The van der Waals surface area contributed by atoms with Crippen LogP contribution < -0.4 is 15.2 Å². The van der Waals surface area contributed by atoms with E-state index in [1.807, 2.05) is 18.2 Å². The number of methoxy groups -OCH3 is 2. The third-order valence-corrected chi connectivity index (χ3v) is 6.16. The molecule has 2 aliphatic rings. The van der Waals surface area contributed by atoms with Gasteiger partial charge in [-0.15, -0.1) is 0 Å². The van der Waals surface area contributed by atoms with Gasteiger partial charge >= 0.3 is 0 Å². The molecule has 0 spiro atoms. The van der Waals surface area contributed by atoms with Crippen molar-refractivity contribution in [3.63, 3.8) is 0 Å². The number of rotatable bonds is 3. The fraction of sp³-hybridized carbons (Fsp3) is 0.429. The second-order valence-corrected chi connectivity index (χ2v) is 7.46. The van der Waals surface area contributed by atoms with Gasteiger partial charge in [0.15, 0.2) is 11.4 Å². The third kappa shape index (κ3) is 2.39. The Kier molecular flexibility index (Phi) is 4.42. The van der Waals surface area contributed by atoms with Gasteiger partial charge < -0.3 is 14.4 Å². The van der Waals surface area contributed by atoms with Gasteiger partial charge in [-0.3, -0.25) is 19.3 Å². The molecule has 28 heavy (non-hydrogen) atoms. The van der Waals surface area contributed by atoms with E-state index < -0.39 is 5.54 Å². The van der Waals surface area contributed by atoms with Crippen LogP contribution in [0.25, 0.3) is 0 Å². The summed E-state index contributed by atoms with van der Waals surface area (Å²) in [6.45, 7) is 2.13. The normalized spacial score (nSPS) is 26.6. The van der Waals surface area contributed by atoms with Gasteiger partial charge in [0.1, 0.15) is 11.7 Å². The highest BCUT2D eigenvalue weighted by Crippen LogP contribution is 2.43. The summed E-state index contributed by atoms with van der Waals surface area (Å²) in [6, 6.07) is 11.6. The summed E-state index contributed by atoms with van der Waals surface area (Å²) in [5, 5.41) is 2.15. The number of aromatic nitrogens is 1. The molecule has 0 aliphatic carbocycles. The molecule has 1 aromatic carbocycles. The minimum Gasteiger partial charge on any atom is -0.491 e. The number of benzene rings is 1. The van der Waals surface area contributed by atoms with Crippen molar-refractivity contribution in [2.24, 2.45) is 0 Å². The topological polar surface area (TPSA) is 64.0 Å². The number of carbonyl (C=O) groups excluding carboxylic acids is 1. The molecule has 1 amide bonds. The van der Waals surface area contributed by atoms with Crippen molar-refractivity contribution in [3.8, 4) is 5.75 Å². The number of hydrogen-bond acceptors (Lipinski definition) is 5. The van der Waals surface area contributed by atoms with E-state index in [-0.39, 0.29) is 35.0 Å². The van der Waals surface area contributed by atoms with Crippen molar-refractivity contribution in [1.29, 1.82) is 0 Å². The molecule has 0 saturated carbocycles. The molecule has 7 heteroatoms. The van der Waals surface area contributed by atoms with Crippen molar-refractivity contribution >= 4 is 5.91 Å². The summed E-state index contributed by atoms with van der Waals surface area (Å²) in [4.78, 5) is 27.2. The van der Waals surface area contributed by atoms with Gasteiger partial charge in [-0.1, -0.05) is 30.3 Å². The summed E-state index contributed by atoms with van der Waals surface area (Å²) in [5.41, 5.74) is 0.462. The monoisotopic (exact) mass is 383 g/mol. The van der Waals surface area contributed by atoms with Crippen molar-refractivity contribution in [2.75, 3.05) is 26.3 Å². The molecule has 0 radical (unpaired) electrons. The van der Waals surface area contributed by atoms with Gasteiger partial charge in [-0.05, 0) is 25.3 Å². The average Bonchev–Trinajstić information content (AvgIpc) is 2.72. The molecular formula is C21H25N3O4. The number of pyridine rings is 1. The fourth-order valence-corrected chi connectivity index (χ4v) is 4.71. The number of hydrogen-bond donors (Lipinski definition) is 0. The Morgan fingerprint density at radius 1 is 1.07 bits per heavy atom. The first-order valence-corrected chi connectivity index (χ1v) is 9.40. The van der Waals surface area contributed by atoms with Crippen molar-refractivity contribution in [3.05, 3.63) is 64.1 Å². The second-order valence-electron chi connectivity index (χ2n) is 7.46. The lowest BCUT2D eigenvalue weighted by Crippen LogP contribution is -2.72. The van der Waals surface area contributed by atoms with E-state index >= 15 is 0 Å². The van der Waals surface area contributed by atoms with Gasteiger partial charge in [0.05, 0.1) is 13.2 Å². The Morgan fingerprint density at radius 2 is 1.79 bits per heavy atom. The molecule has 148 valence electrons. The van der Waals surface area contributed by atoms with E-state index in [9.17, 15) is 9.59 Å². The van der Waals surface area contributed by atoms with E-state index in [4.69, 9.17) is 9.47 Å². The van der Waals surface area contributed by atoms with Gasteiger partial charge in [0.2, 0.25) is 5.43 Å². The maximum absolute atomic E-state index is 13.1. The Hall–Kier alpha value is -2.80. The van der Waals surface area contributed by atoms with E-state index in [0.29, 0.717) is 0 Å². The molecule has 1 saturated heterocycles. The van der Waals surface area contributed by atoms with Crippen molar-refractivity contribution in [2.45, 2.75) is 37.6 Å². The first-order valence-electron chi connectivity index (χ1n) is 9.40. The van der Waals surface area contributed by atoms with E-state index in [1.54, 1.807) is 29.9 Å². The van der Waals surface area contributed by atoms with Crippen molar-refractivity contribution in [1.82, 2.24) is 9.58 Å². The number of ether oxygens (including phenoxy) is 2.